The molecular weight excluding hydrogens is 224 g/mol. The molecular formula is C11H22N2O2S. The molecule has 0 aromatic carbocycles. The van der Waals surface area contributed by atoms with Gasteiger partial charge in [0.2, 0.25) is 10.0 Å². The molecule has 1 unspecified atom stereocenters. The van der Waals surface area contributed by atoms with E-state index in [9.17, 15) is 8.42 Å². The van der Waals surface area contributed by atoms with Crippen molar-refractivity contribution in [3.63, 3.8) is 0 Å². The van der Waals surface area contributed by atoms with Gasteiger partial charge in [0.15, 0.2) is 0 Å². The van der Waals surface area contributed by atoms with Crippen LogP contribution in [-0.4, -0.2) is 43.6 Å². The van der Waals surface area contributed by atoms with E-state index in [1.807, 2.05) is 0 Å². The van der Waals surface area contributed by atoms with Crippen LogP contribution in [0, 0.1) is 0 Å². The fourth-order valence-electron chi connectivity index (χ4n) is 2.38. The van der Waals surface area contributed by atoms with E-state index < -0.39 is 10.0 Å². The molecule has 2 rings (SSSR count). The van der Waals surface area contributed by atoms with Crippen LogP contribution >= 0.6 is 0 Å². The molecule has 1 heterocycles. The second-order valence-electron chi connectivity index (χ2n) is 4.86. The van der Waals surface area contributed by atoms with Gasteiger partial charge in [0.05, 0.1) is 5.75 Å². The third kappa shape index (κ3) is 2.96. The van der Waals surface area contributed by atoms with Gasteiger partial charge in [0, 0.05) is 25.2 Å². The molecule has 1 aliphatic carbocycles. The van der Waals surface area contributed by atoms with Crippen molar-refractivity contribution in [1.29, 1.82) is 0 Å². The molecule has 1 atom stereocenters. The molecule has 0 spiro atoms. The minimum Gasteiger partial charge on any atom is -0.313 e. The van der Waals surface area contributed by atoms with Crippen molar-refractivity contribution in [2.24, 2.45) is 0 Å². The molecule has 1 aliphatic heterocycles. The van der Waals surface area contributed by atoms with E-state index in [1.54, 1.807) is 4.31 Å². The first-order chi connectivity index (χ1) is 7.63. The molecule has 1 N–H and O–H groups in total. The largest absolute Gasteiger partial charge is 0.313 e. The van der Waals surface area contributed by atoms with E-state index in [0.29, 0.717) is 12.6 Å². The van der Waals surface area contributed by atoms with Crippen molar-refractivity contribution in [1.82, 2.24) is 9.62 Å². The molecule has 2 fully saturated rings. The zero-order chi connectivity index (χ0) is 11.6. The van der Waals surface area contributed by atoms with E-state index in [-0.39, 0.29) is 11.8 Å². The van der Waals surface area contributed by atoms with Gasteiger partial charge < -0.3 is 5.32 Å². The average Bonchev–Trinajstić information content (AvgIpc) is 2.93. The summed E-state index contributed by atoms with van der Waals surface area (Å²) in [7, 11) is -3.02. The number of nitrogens with zero attached hydrogens (tertiary/aromatic N) is 1. The van der Waals surface area contributed by atoms with E-state index in [0.717, 1.165) is 25.8 Å². The highest BCUT2D eigenvalue weighted by atomic mass is 32.2. The van der Waals surface area contributed by atoms with Crippen LogP contribution in [0.2, 0.25) is 0 Å². The first-order valence-electron chi connectivity index (χ1n) is 6.36. The van der Waals surface area contributed by atoms with E-state index in [4.69, 9.17) is 0 Å². The predicted octanol–water partition coefficient (Wildman–Crippen LogP) is 0.943. The lowest BCUT2D eigenvalue weighted by Crippen LogP contribution is -2.39. The smallest absolute Gasteiger partial charge is 0.215 e. The maximum atomic E-state index is 12.1. The van der Waals surface area contributed by atoms with Crippen LogP contribution in [0.4, 0.5) is 0 Å². The van der Waals surface area contributed by atoms with E-state index in [1.165, 1.54) is 12.8 Å². The van der Waals surface area contributed by atoms with Crippen molar-refractivity contribution in [3.8, 4) is 0 Å². The zero-order valence-corrected chi connectivity index (χ0v) is 10.8. The monoisotopic (exact) mass is 246 g/mol. The molecule has 0 aromatic rings. The Hall–Kier alpha value is -0.130. The highest BCUT2D eigenvalue weighted by Gasteiger charge is 2.32. The Morgan fingerprint density at radius 3 is 2.69 bits per heavy atom. The van der Waals surface area contributed by atoms with Crippen LogP contribution in [0.5, 0.6) is 0 Å². The van der Waals surface area contributed by atoms with Gasteiger partial charge in [-0.05, 0) is 32.1 Å². The number of rotatable bonds is 6. The number of hydrogen-bond acceptors (Lipinski definition) is 3. The minimum absolute atomic E-state index is 0.255. The quantitative estimate of drug-likeness (QED) is 0.759. The van der Waals surface area contributed by atoms with Crippen LogP contribution in [0.1, 0.15) is 39.0 Å². The van der Waals surface area contributed by atoms with Crippen LogP contribution < -0.4 is 5.32 Å². The summed E-state index contributed by atoms with van der Waals surface area (Å²) in [5.41, 5.74) is 0. The molecule has 2 aliphatic rings. The Labute approximate surface area is 98.4 Å². The molecule has 16 heavy (non-hydrogen) atoms. The molecule has 94 valence electrons. The highest BCUT2D eigenvalue weighted by molar-refractivity contribution is 7.89. The van der Waals surface area contributed by atoms with Gasteiger partial charge in [-0.25, -0.2) is 8.42 Å². The van der Waals surface area contributed by atoms with Crippen molar-refractivity contribution in [2.75, 3.05) is 18.8 Å². The maximum absolute atomic E-state index is 12.1. The van der Waals surface area contributed by atoms with Gasteiger partial charge in [-0.2, -0.15) is 4.31 Å². The fourth-order valence-corrected chi connectivity index (χ4v) is 4.11. The van der Waals surface area contributed by atoms with Gasteiger partial charge in [0.25, 0.3) is 0 Å². The second-order valence-corrected chi connectivity index (χ2v) is 6.90. The Morgan fingerprint density at radius 1 is 1.31 bits per heavy atom. The molecule has 0 bridgehead atoms. The highest BCUT2D eigenvalue weighted by Crippen LogP contribution is 2.23. The lowest BCUT2D eigenvalue weighted by Gasteiger charge is -2.22. The summed E-state index contributed by atoms with van der Waals surface area (Å²) < 4.78 is 25.9. The predicted molar refractivity (Wildman–Crippen MR) is 64.8 cm³/mol. The SMILES string of the molecule is CCC1CCCN1S(=O)(=O)CCNC1CC1. The summed E-state index contributed by atoms with van der Waals surface area (Å²) in [6.07, 6.45) is 5.41. The third-order valence-electron chi connectivity index (χ3n) is 3.52. The van der Waals surface area contributed by atoms with Crippen LogP contribution in [0.25, 0.3) is 0 Å². The van der Waals surface area contributed by atoms with Gasteiger partial charge in [-0.15, -0.1) is 0 Å². The summed E-state index contributed by atoms with van der Waals surface area (Å²) in [5.74, 6) is 0.264. The van der Waals surface area contributed by atoms with E-state index in [2.05, 4.69) is 12.2 Å². The van der Waals surface area contributed by atoms with Gasteiger partial charge in [-0.1, -0.05) is 6.92 Å². The van der Waals surface area contributed by atoms with Gasteiger partial charge in [0.1, 0.15) is 0 Å². The van der Waals surface area contributed by atoms with Gasteiger partial charge in [-0.3, -0.25) is 0 Å². The summed E-state index contributed by atoms with van der Waals surface area (Å²) in [6.45, 7) is 3.41. The average molecular weight is 246 g/mol. The molecule has 0 radical (unpaired) electrons. The van der Waals surface area contributed by atoms with Crippen LogP contribution in [0.3, 0.4) is 0 Å². The standard InChI is InChI=1S/C11H22N2O2S/c1-2-11-4-3-8-13(11)16(14,15)9-7-12-10-5-6-10/h10-12H,2-9H2,1H3. The summed E-state index contributed by atoms with van der Waals surface area (Å²) >= 11 is 0. The van der Waals surface area contributed by atoms with Crippen molar-refractivity contribution in [2.45, 2.75) is 51.1 Å². The lowest BCUT2D eigenvalue weighted by atomic mass is 10.2. The molecule has 5 heteroatoms. The van der Waals surface area contributed by atoms with Crippen molar-refractivity contribution >= 4 is 10.0 Å². The van der Waals surface area contributed by atoms with Gasteiger partial charge >= 0.3 is 0 Å². The summed E-state index contributed by atoms with van der Waals surface area (Å²) in [5, 5.41) is 3.26. The van der Waals surface area contributed by atoms with Crippen LogP contribution in [0.15, 0.2) is 0 Å². The topological polar surface area (TPSA) is 49.4 Å². The van der Waals surface area contributed by atoms with Crippen molar-refractivity contribution in [3.05, 3.63) is 0 Å². The molecule has 1 saturated carbocycles. The normalized spacial score (nSPS) is 27.4. The number of sulfonamides is 1. The number of hydrogen-bond donors (Lipinski definition) is 1. The molecule has 1 saturated heterocycles. The summed E-state index contributed by atoms with van der Waals surface area (Å²) in [4.78, 5) is 0. The van der Waals surface area contributed by atoms with Crippen LogP contribution in [-0.2, 0) is 10.0 Å². The zero-order valence-electron chi connectivity index (χ0n) is 9.98. The molecule has 0 aromatic heterocycles. The Kier molecular flexibility index (Phi) is 3.87. The first kappa shape index (κ1) is 12.3. The van der Waals surface area contributed by atoms with Crippen molar-refractivity contribution < 1.29 is 8.42 Å². The van der Waals surface area contributed by atoms with E-state index >= 15 is 0 Å². The Morgan fingerprint density at radius 2 is 2.06 bits per heavy atom. The molecule has 0 amide bonds. The maximum Gasteiger partial charge on any atom is 0.215 e. The Bertz CT molecular complexity index is 325. The minimum atomic E-state index is -3.02. The number of nitrogens with one attached hydrogen (secondary N) is 1. The lowest BCUT2D eigenvalue weighted by molar-refractivity contribution is 0.379. The second kappa shape index (κ2) is 5.02. The molecule has 4 nitrogen and oxygen atoms in total. The third-order valence-corrected chi connectivity index (χ3v) is 5.44. The Balaban J connectivity index is 1.84. The first-order valence-corrected chi connectivity index (χ1v) is 7.97. The fraction of sp³-hybridized carbons (Fsp3) is 1.00. The summed E-state index contributed by atoms with van der Waals surface area (Å²) in [6, 6.07) is 0.849.